The van der Waals surface area contributed by atoms with Gasteiger partial charge < -0.3 is 0 Å². The second-order valence-electron chi connectivity index (χ2n) is 4.66. The van der Waals surface area contributed by atoms with Gasteiger partial charge in [0.05, 0.1) is 5.69 Å². The van der Waals surface area contributed by atoms with Crippen LogP contribution in [0.4, 0.5) is 5.69 Å². The van der Waals surface area contributed by atoms with Gasteiger partial charge in [-0.1, -0.05) is 48.5 Å². The number of hydrogen-bond acceptors (Lipinski definition) is 1. The lowest BCUT2D eigenvalue weighted by molar-refractivity contribution is 1.39. The Bertz CT molecular complexity index is 607. The first-order valence-corrected chi connectivity index (χ1v) is 6.54. The van der Waals surface area contributed by atoms with Crippen LogP contribution >= 0.6 is 0 Å². The minimum atomic E-state index is 1.03. The number of rotatable bonds is 3. The zero-order valence-electron chi connectivity index (χ0n) is 11.7. The summed E-state index contributed by atoms with van der Waals surface area (Å²) in [5, 5.41) is 0. The van der Waals surface area contributed by atoms with Crippen molar-refractivity contribution in [2.45, 2.75) is 20.8 Å². The maximum atomic E-state index is 4.57. The number of allylic oxidation sites excluding steroid dienone is 2. The van der Waals surface area contributed by atoms with Crippen LogP contribution in [-0.4, -0.2) is 6.21 Å². The Labute approximate surface area is 115 Å². The maximum Gasteiger partial charge on any atom is 0.0665 e. The van der Waals surface area contributed by atoms with Crippen LogP contribution in [0.5, 0.6) is 0 Å². The Morgan fingerprint density at radius 3 is 2.42 bits per heavy atom. The molecular formula is C18H19N. The summed E-state index contributed by atoms with van der Waals surface area (Å²) in [6.45, 7) is 6.17. The molecule has 2 rings (SSSR count). The monoisotopic (exact) mass is 249 g/mol. The van der Waals surface area contributed by atoms with Gasteiger partial charge in [-0.2, -0.15) is 0 Å². The van der Waals surface area contributed by atoms with Crippen molar-refractivity contribution >= 4 is 11.9 Å². The van der Waals surface area contributed by atoms with E-state index in [0.717, 1.165) is 5.69 Å². The number of nitrogens with zero attached hydrogens (tertiary/aromatic N) is 1. The zero-order chi connectivity index (χ0) is 13.7. The van der Waals surface area contributed by atoms with Crippen LogP contribution < -0.4 is 0 Å². The van der Waals surface area contributed by atoms with Gasteiger partial charge in [0.15, 0.2) is 0 Å². The van der Waals surface area contributed by atoms with Gasteiger partial charge in [-0.3, -0.25) is 4.99 Å². The summed E-state index contributed by atoms with van der Waals surface area (Å²) in [7, 11) is 0. The van der Waals surface area contributed by atoms with Crippen molar-refractivity contribution in [3.8, 4) is 11.1 Å². The van der Waals surface area contributed by atoms with Crippen molar-refractivity contribution in [1.29, 1.82) is 0 Å². The lowest BCUT2D eigenvalue weighted by Gasteiger charge is -2.05. The van der Waals surface area contributed by atoms with Crippen molar-refractivity contribution in [3.05, 3.63) is 65.7 Å². The SMILES string of the molecule is C/C=C(/C)C=Nc1cc(-c2ccccc2)ccc1C. The average molecular weight is 249 g/mol. The standard InChI is InChI=1S/C18H19N/c1-4-14(2)13-19-18-12-17(11-10-15(18)3)16-8-6-5-7-9-16/h4-13H,1-3H3/b14-4-,19-13?. The van der Waals surface area contributed by atoms with Crippen LogP contribution in [-0.2, 0) is 0 Å². The van der Waals surface area contributed by atoms with E-state index in [4.69, 9.17) is 0 Å². The fourth-order valence-corrected chi connectivity index (χ4v) is 1.80. The van der Waals surface area contributed by atoms with Gasteiger partial charge in [-0.15, -0.1) is 0 Å². The molecule has 19 heavy (non-hydrogen) atoms. The molecule has 0 radical (unpaired) electrons. The molecule has 0 atom stereocenters. The zero-order valence-corrected chi connectivity index (χ0v) is 11.7. The van der Waals surface area contributed by atoms with Gasteiger partial charge in [0.25, 0.3) is 0 Å². The van der Waals surface area contributed by atoms with E-state index in [9.17, 15) is 0 Å². The lowest BCUT2D eigenvalue weighted by Crippen LogP contribution is -1.82. The van der Waals surface area contributed by atoms with E-state index in [2.05, 4.69) is 67.4 Å². The highest BCUT2D eigenvalue weighted by Gasteiger charge is 2.01. The van der Waals surface area contributed by atoms with E-state index < -0.39 is 0 Å². The molecule has 1 nitrogen and oxygen atoms in total. The second-order valence-corrected chi connectivity index (χ2v) is 4.66. The molecule has 0 spiro atoms. The van der Waals surface area contributed by atoms with Crippen LogP contribution in [0.2, 0.25) is 0 Å². The molecule has 0 amide bonds. The van der Waals surface area contributed by atoms with E-state index in [1.54, 1.807) is 0 Å². The molecule has 0 saturated carbocycles. The third-order valence-corrected chi connectivity index (χ3v) is 3.18. The van der Waals surface area contributed by atoms with Crippen molar-refractivity contribution in [3.63, 3.8) is 0 Å². The summed E-state index contributed by atoms with van der Waals surface area (Å²) in [6.07, 6.45) is 3.97. The van der Waals surface area contributed by atoms with Crippen molar-refractivity contribution < 1.29 is 0 Å². The molecule has 0 aromatic heterocycles. The summed E-state index contributed by atoms with van der Waals surface area (Å²) in [6, 6.07) is 16.8. The number of aliphatic imine (C=N–C) groups is 1. The van der Waals surface area contributed by atoms with Crippen LogP contribution in [0, 0.1) is 6.92 Å². The third kappa shape index (κ3) is 3.41. The highest BCUT2D eigenvalue weighted by molar-refractivity contribution is 5.81. The molecule has 0 heterocycles. The summed E-state index contributed by atoms with van der Waals surface area (Å²) in [5.74, 6) is 0. The van der Waals surface area contributed by atoms with Crippen LogP contribution in [0.15, 0.2) is 65.2 Å². The van der Waals surface area contributed by atoms with Gasteiger partial charge in [0.1, 0.15) is 0 Å². The normalized spacial score (nSPS) is 12.1. The van der Waals surface area contributed by atoms with Gasteiger partial charge in [0.2, 0.25) is 0 Å². The minimum Gasteiger partial charge on any atom is -0.256 e. The molecular weight excluding hydrogens is 230 g/mol. The number of benzene rings is 2. The van der Waals surface area contributed by atoms with E-state index in [1.165, 1.54) is 22.3 Å². The molecule has 0 fully saturated rings. The van der Waals surface area contributed by atoms with Gasteiger partial charge in [0, 0.05) is 6.21 Å². The minimum absolute atomic E-state index is 1.03. The predicted octanol–water partition coefficient (Wildman–Crippen LogP) is 5.33. The Balaban J connectivity index is 2.38. The molecule has 1 heteroatoms. The van der Waals surface area contributed by atoms with Crippen molar-refractivity contribution in [1.82, 2.24) is 0 Å². The molecule has 0 N–H and O–H groups in total. The average Bonchev–Trinajstić information content (AvgIpc) is 2.47. The van der Waals surface area contributed by atoms with E-state index in [0.29, 0.717) is 0 Å². The van der Waals surface area contributed by atoms with Gasteiger partial charge in [-0.25, -0.2) is 0 Å². The van der Waals surface area contributed by atoms with Crippen molar-refractivity contribution in [2.24, 2.45) is 4.99 Å². The Kier molecular flexibility index (Phi) is 4.30. The first kappa shape index (κ1) is 13.3. The summed E-state index contributed by atoms with van der Waals surface area (Å²) in [5.41, 5.74) is 5.82. The highest BCUT2D eigenvalue weighted by Crippen LogP contribution is 2.27. The van der Waals surface area contributed by atoms with Crippen LogP contribution in [0.3, 0.4) is 0 Å². The Morgan fingerprint density at radius 2 is 1.74 bits per heavy atom. The molecule has 2 aromatic rings. The second kappa shape index (κ2) is 6.14. The van der Waals surface area contributed by atoms with Gasteiger partial charge >= 0.3 is 0 Å². The Morgan fingerprint density at radius 1 is 1.00 bits per heavy atom. The highest BCUT2D eigenvalue weighted by atomic mass is 14.7. The third-order valence-electron chi connectivity index (χ3n) is 3.18. The lowest BCUT2D eigenvalue weighted by atomic mass is 10.0. The summed E-state index contributed by atoms with van der Waals surface area (Å²) >= 11 is 0. The smallest absolute Gasteiger partial charge is 0.0665 e. The number of aryl methyl sites for hydroxylation is 1. The van der Waals surface area contributed by atoms with Crippen molar-refractivity contribution in [2.75, 3.05) is 0 Å². The van der Waals surface area contributed by atoms with E-state index in [-0.39, 0.29) is 0 Å². The molecule has 96 valence electrons. The number of hydrogen-bond donors (Lipinski definition) is 0. The van der Waals surface area contributed by atoms with E-state index >= 15 is 0 Å². The quantitative estimate of drug-likeness (QED) is 0.652. The molecule has 0 aliphatic carbocycles. The van der Waals surface area contributed by atoms with E-state index in [1.807, 2.05) is 19.2 Å². The molecule has 0 bridgehead atoms. The molecule has 0 saturated heterocycles. The predicted molar refractivity (Wildman–Crippen MR) is 84.2 cm³/mol. The Hall–Kier alpha value is -2.15. The first-order valence-electron chi connectivity index (χ1n) is 6.54. The molecule has 0 unspecified atom stereocenters. The molecule has 2 aromatic carbocycles. The van der Waals surface area contributed by atoms with Crippen LogP contribution in [0.1, 0.15) is 19.4 Å². The molecule has 0 aliphatic rings. The van der Waals surface area contributed by atoms with Crippen LogP contribution in [0.25, 0.3) is 11.1 Å². The maximum absolute atomic E-state index is 4.57. The summed E-state index contributed by atoms with van der Waals surface area (Å²) in [4.78, 5) is 4.57. The van der Waals surface area contributed by atoms with Gasteiger partial charge in [-0.05, 0) is 49.1 Å². The fraction of sp³-hybridized carbons (Fsp3) is 0.167. The summed E-state index contributed by atoms with van der Waals surface area (Å²) < 4.78 is 0. The largest absolute Gasteiger partial charge is 0.256 e. The first-order chi connectivity index (χ1) is 9.20. The molecule has 0 aliphatic heterocycles. The fourth-order valence-electron chi connectivity index (χ4n) is 1.80. The topological polar surface area (TPSA) is 12.4 Å².